The summed E-state index contributed by atoms with van der Waals surface area (Å²) in [4.78, 5) is 28.8. The molecule has 0 bridgehead atoms. The van der Waals surface area contributed by atoms with Crippen molar-refractivity contribution in [1.29, 1.82) is 0 Å². The molecule has 6 nitrogen and oxygen atoms in total. The lowest BCUT2D eigenvalue weighted by Gasteiger charge is -2.06. The van der Waals surface area contributed by atoms with Crippen molar-refractivity contribution in [3.05, 3.63) is 72.9 Å². The topological polar surface area (TPSA) is 83.6 Å². The molecule has 2 N–H and O–H groups in total. The van der Waals surface area contributed by atoms with Crippen LogP contribution in [0.5, 0.6) is 0 Å². The molecule has 0 radical (unpaired) electrons. The third-order valence-electron chi connectivity index (χ3n) is 4.90. The Morgan fingerprint density at radius 2 is 1.93 bits per heavy atom. The highest BCUT2D eigenvalue weighted by atomic mass is 16.2. The molecule has 27 heavy (non-hydrogen) atoms. The number of benzene rings is 2. The van der Waals surface area contributed by atoms with E-state index >= 15 is 0 Å². The van der Waals surface area contributed by atoms with Gasteiger partial charge in [-0.2, -0.15) is 0 Å². The molecule has 0 spiro atoms. The highest BCUT2D eigenvalue weighted by Gasteiger charge is 2.46. The van der Waals surface area contributed by atoms with Crippen molar-refractivity contribution < 1.29 is 4.79 Å². The maximum atomic E-state index is 12.6. The minimum absolute atomic E-state index is 0.0349. The quantitative estimate of drug-likeness (QED) is 0.584. The summed E-state index contributed by atoms with van der Waals surface area (Å²) >= 11 is 0. The molecule has 0 aliphatic heterocycles. The third kappa shape index (κ3) is 3.06. The first-order valence-corrected chi connectivity index (χ1v) is 8.90. The fourth-order valence-electron chi connectivity index (χ4n) is 3.34. The number of amides is 1. The van der Waals surface area contributed by atoms with Crippen LogP contribution in [0.25, 0.3) is 22.3 Å². The van der Waals surface area contributed by atoms with Crippen molar-refractivity contribution in [2.24, 2.45) is 5.92 Å². The maximum Gasteiger partial charge on any atom is 0.228 e. The molecule has 132 valence electrons. The van der Waals surface area contributed by atoms with Gasteiger partial charge in [-0.15, -0.1) is 0 Å². The van der Waals surface area contributed by atoms with Gasteiger partial charge in [0.1, 0.15) is 5.82 Å². The van der Waals surface area contributed by atoms with E-state index in [1.54, 1.807) is 18.6 Å². The van der Waals surface area contributed by atoms with Gasteiger partial charge in [0.05, 0.1) is 22.9 Å². The molecule has 1 saturated carbocycles. The summed E-state index contributed by atoms with van der Waals surface area (Å²) < 4.78 is 0. The fourth-order valence-corrected chi connectivity index (χ4v) is 3.34. The van der Waals surface area contributed by atoms with Gasteiger partial charge in [-0.25, -0.2) is 4.98 Å². The average Bonchev–Trinajstić information content (AvgIpc) is 3.41. The minimum Gasteiger partial charge on any atom is -0.342 e. The van der Waals surface area contributed by atoms with Crippen LogP contribution in [0.15, 0.2) is 67.1 Å². The molecule has 0 unspecified atom stereocenters. The first-order chi connectivity index (χ1) is 13.3. The fraction of sp³-hybridized carbons (Fsp3) is 0.143. The number of H-pyrrole nitrogens is 1. The van der Waals surface area contributed by atoms with Crippen LogP contribution in [0, 0.1) is 5.92 Å². The van der Waals surface area contributed by atoms with Gasteiger partial charge in [0, 0.05) is 35.5 Å². The zero-order chi connectivity index (χ0) is 18.2. The summed E-state index contributed by atoms with van der Waals surface area (Å²) in [6, 6.07) is 15.6. The van der Waals surface area contributed by atoms with E-state index in [0.717, 1.165) is 40.2 Å². The molecule has 0 saturated heterocycles. The van der Waals surface area contributed by atoms with Gasteiger partial charge in [0.25, 0.3) is 0 Å². The Kier molecular flexibility index (Phi) is 3.67. The maximum absolute atomic E-state index is 12.6. The van der Waals surface area contributed by atoms with Gasteiger partial charge in [0.15, 0.2) is 0 Å². The number of anilines is 1. The molecule has 1 aliphatic carbocycles. The average molecular weight is 355 g/mol. The Morgan fingerprint density at radius 3 is 2.70 bits per heavy atom. The molecule has 2 heterocycles. The molecule has 1 fully saturated rings. The first kappa shape index (κ1) is 15.7. The molecular formula is C21H17N5O. The molecule has 1 aliphatic rings. The van der Waals surface area contributed by atoms with Crippen LogP contribution in [0.4, 0.5) is 5.69 Å². The second-order valence-electron chi connectivity index (χ2n) is 6.75. The van der Waals surface area contributed by atoms with Crippen LogP contribution < -0.4 is 5.32 Å². The van der Waals surface area contributed by atoms with Crippen molar-refractivity contribution >= 4 is 22.6 Å². The number of nitrogens with zero attached hydrogens (tertiary/aromatic N) is 3. The predicted octanol–water partition coefficient (Wildman–Crippen LogP) is 3.76. The number of fused-ring (bicyclic) bond motifs is 1. The van der Waals surface area contributed by atoms with E-state index in [9.17, 15) is 4.79 Å². The second kappa shape index (κ2) is 6.32. The summed E-state index contributed by atoms with van der Waals surface area (Å²) in [5.74, 6) is 1.06. The van der Waals surface area contributed by atoms with E-state index < -0.39 is 0 Å². The summed E-state index contributed by atoms with van der Waals surface area (Å²) in [6.07, 6.45) is 5.85. The first-order valence-electron chi connectivity index (χ1n) is 8.90. The highest BCUT2D eigenvalue weighted by molar-refractivity contribution is 5.95. The molecule has 1 amide bonds. The van der Waals surface area contributed by atoms with Crippen LogP contribution >= 0.6 is 0 Å². The second-order valence-corrected chi connectivity index (χ2v) is 6.75. The van der Waals surface area contributed by atoms with E-state index in [0.29, 0.717) is 0 Å². The van der Waals surface area contributed by atoms with Gasteiger partial charge in [-0.3, -0.25) is 14.8 Å². The van der Waals surface area contributed by atoms with Crippen molar-refractivity contribution in [3.8, 4) is 11.3 Å². The Morgan fingerprint density at radius 1 is 1.07 bits per heavy atom. The molecule has 2 aromatic heterocycles. The number of nitrogens with one attached hydrogen (secondary N) is 2. The Hall–Kier alpha value is -3.54. The van der Waals surface area contributed by atoms with Gasteiger partial charge < -0.3 is 10.3 Å². The van der Waals surface area contributed by atoms with E-state index in [1.165, 1.54) is 0 Å². The highest BCUT2D eigenvalue weighted by Crippen LogP contribution is 2.47. The molecule has 5 rings (SSSR count). The van der Waals surface area contributed by atoms with E-state index in [1.807, 2.05) is 48.5 Å². The van der Waals surface area contributed by atoms with E-state index in [4.69, 9.17) is 0 Å². The Balaban J connectivity index is 1.26. The number of rotatable bonds is 4. The minimum atomic E-state index is -0.0368. The third-order valence-corrected chi connectivity index (χ3v) is 4.90. The lowest BCUT2D eigenvalue weighted by molar-refractivity contribution is -0.117. The van der Waals surface area contributed by atoms with E-state index in [2.05, 4.69) is 25.3 Å². The lowest BCUT2D eigenvalue weighted by Crippen LogP contribution is -2.14. The standard InChI is InChI=1S/C21H17N5O/c27-21(16-11-15(16)20-25-17-3-1-2-4-18(17)26-20)24-14-7-5-13(6-8-14)19-12-22-9-10-23-19/h1-10,12,15-16H,11H2,(H,24,27)(H,25,26)/t15-,16-/m1/s1. The van der Waals surface area contributed by atoms with Crippen LogP contribution in [0.2, 0.25) is 0 Å². The molecular weight excluding hydrogens is 338 g/mol. The van der Waals surface area contributed by atoms with Gasteiger partial charge >= 0.3 is 0 Å². The molecule has 2 aromatic carbocycles. The van der Waals surface area contributed by atoms with E-state index in [-0.39, 0.29) is 17.7 Å². The van der Waals surface area contributed by atoms with Gasteiger partial charge in [-0.05, 0) is 30.7 Å². The normalized spacial score (nSPS) is 18.4. The number of imidazole rings is 1. The smallest absolute Gasteiger partial charge is 0.228 e. The van der Waals surface area contributed by atoms with Crippen molar-refractivity contribution in [3.63, 3.8) is 0 Å². The molecule has 2 atom stereocenters. The SMILES string of the molecule is O=C(Nc1ccc(-c2cnccn2)cc1)[C@@H]1C[C@H]1c1nc2ccccc2[nH]1. The van der Waals surface area contributed by atoms with Crippen LogP contribution in [0.3, 0.4) is 0 Å². The lowest BCUT2D eigenvalue weighted by atomic mass is 10.1. The number of para-hydroxylation sites is 2. The molecule has 6 heteroatoms. The van der Waals surface area contributed by atoms with Crippen molar-refractivity contribution in [1.82, 2.24) is 19.9 Å². The Bertz CT molecular complexity index is 1070. The summed E-state index contributed by atoms with van der Waals surface area (Å²) in [5.41, 5.74) is 4.51. The molecule has 4 aromatic rings. The Labute approximate surface area is 155 Å². The number of aromatic nitrogens is 4. The monoisotopic (exact) mass is 355 g/mol. The number of hydrogen-bond donors (Lipinski definition) is 2. The number of aromatic amines is 1. The predicted molar refractivity (Wildman–Crippen MR) is 103 cm³/mol. The van der Waals surface area contributed by atoms with Gasteiger partial charge in [-0.1, -0.05) is 24.3 Å². The number of carbonyl (C=O) groups is 1. The zero-order valence-corrected chi connectivity index (χ0v) is 14.5. The van der Waals surface area contributed by atoms with Crippen LogP contribution in [-0.4, -0.2) is 25.8 Å². The summed E-state index contributed by atoms with van der Waals surface area (Å²) in [5, 5.41) is 3.00. The largest absolute Gasteiger partial charge is 0.342 e. The van der Waals surface area contributed by atoms with Gasteiger partial charge in [0.2, 0.25) is 5.91 Å². The zero-order valence-electron chi connectivity index (χ0n) is 14.5. The van der Waals surface area contributed by atoms with Crippen molar-refractivity contribution in [2.75, 3.05) is 5.32 Å². The number of carbonyl (C=O) groups excluding carboxylic acids is 1. The number of hydrogen-bond acceptors (Lipinski definition) is 4. The summed E-state index contributed by atoms with van der Waals surface area (Å²) in [6.45, 7) is 0. The van der Waals surface area contributed by atoms with Crippen molar-refractivity contribution in [2.45, 2.75) is 12.3 Å². The van der Waals surface area contributed by atoms with Crippen LogP contribution in [0.1, 0.15) is 18.2 Å². The van der Waals surface area contributed by atoms with Crippen LogP contribution in [-0.2, 0) is 4.79 Å². The summed E-state index contributed by atoms with van der Waals surface area (Å²) in [7, 11) is 0.